The molecule has 96 valence electrons. The van der Waals surface area contributed by atoms with Gasteiger partial charge in [-0.15, -0.1) is 0 Å². The minimum Gasteiger partial charge on any atom is -0.367 e. The molecule has 0 aliphatic carbocycles. The maximum atomic E-state index is 5.71. The van der Waals surface area contributed by atoms with E-state index in [1.807, 2.05) is 13.8 Å². The molecule has 1 aromatic heterocycles. The van der Waals surface area contributed by atoms with Gasteiger partial charge in [0.15, 0.2) is 0 Å². The Morgan fingerprint density at radius 1 is 1.29 bits per heavy atom. The SMILES string of the molecule is CC(C)c1nc([C@@H]2CN(C(C)C)CCO2)no1. The van der Waals surface area contributed by atoms with Crippen molar-refractivity contribution < 1.29 is 9.26 Å². The summed E-state index contributed by atoms with van der Waals surface area (Å²) in [6, 6.07) is 0.526. The number of morpholine rings is 1. The first-order valence-electron chi connectivity index (χ1n) is 6.27. The summed E-state index contributed by atoms with van der Waals surface area (Å²) in [4.78, 5) is 6.77. The Morgan fingerprint density at radius 2 is 2.06 bits per heavy atom. The van der Waals surface area contributed by atoms with Crippen molar-refractivity contribution in [3.63, 3.8) is 0 Å². The molecule has 0 N–H and O–H groups in total. The minimum absolute atomic E-state index is 0.0533. The number of hydrogen-bond acceptors (Lipinski definition) is 5. The third-order valence-electron chi connectivity index (χ3n) is 3.07. The molecule has 1 aliphatic heterocycles. The topological polar surface area (TPSA) is 51.4 Å². The van der Waals surface area contributed by atoms with Crippen LogP contribution in [0.25, 0.3) is 0 Å². The first kappa shape index (κ1) is 12.5. The van der Waals surface area contributed by atoms with Crippen LogP contribution in [0.2, 0.25) is 0 Å². The van der Waals surface area contributed by atoms with Crippen molar-refractivity contribution in [3.05, 3.63) is 11.7 Å². The normalized spacial score (nSPS) is 22.6. The van der Waals surface area contributed by atoms with Crippen LogP contribution in [-0.2, 0) is 4.74 Å². The zero-order valence-electron chi connectivity index (χ0n) is 11.0. The molecule has 0 spiro atoms. The van der Waals surface area contributed by atoms with Gasteiger partial charge in [-0.1, -0.05) is 19.0 Å². The van der Waals surface area contributed by atoms with Gasteiger partial charge < -0.3 is 9.26 Å². The van der Waals surface area contributed by atoms with E-state index in [0.717, 1.165) is 19.7 Å². The van der Waals surface area contributed by atoms with E-state index in [9.17, 15) is 0 Å². The van der Waals surface area contributed by atoms with Crippen molar-refractivity contribution >= 4 is 0 Å². The fourth-order valence-electron chi connectivity index (χ4n) is 1.91. The third kappa shape index (κ3) is 2.84. The molecule has 0 radical (unpaired) electrons. The highest BCUT2D eigenvalue weighted by molar-refractivity contribution is 4.96. The lowest BCUT2D eigenvalue weighted by atomic mass is 10.2. The van der Waals surface area contributed by atoms with Crippen molar-refractivity contribution in [2.45, 2.75) is 45.8 Å². The summed E-state index contributed by atoms with van der Waals surface area (Å²) in [5.74, 6) is 1.63. The van der Waals surface area contributed by atoms with E-state index in [0.29, 0.717) is 17.8 Å². The quantitative estimate of drug-likeness (QED) is 0.807. The molecule has 1 aromatic rings. The average Bonchev–Trinajstić information content (AvgIpc) is 2.78. The third-order valence-corrected chi connectivity index (χ3v) is 3.07. The summed E-state index contributed by atoms with van der Waals surface area (Å²) >= 11 is 0. The molecule has 5 nitrogen and oxygen atoms in total. The lowest BCUT2D eigenvalue weighted by Gasteiger charge is -2.34. The van der Waals surface area contributed by atoms with Crippen LogP contribution < -0.4 is 0 Å². The highest BCUT2D eigenvalue weighted by Crippen LogP contribution is 2.22. The van der Waals surface area contributed by atoms with Crippen LogP contribution in [0.15, 0.2) is 4.52 Å². The highest BCUT2D eigenvalue weighted by Gasteiger charge is 2.27. The van der Waals surface area contributed by atoms with Gasteiger partial charge in [0.1, 0.15) is 6.10 Å². The van der Waals surface area contributed by atoms with E-state index in [-0.39, 0.29) is 12.0 Å². The molecule has 2 heterocycles. The summed E-state index contributed by atoms with van der Waals surface area (Å²) in [6.07, 6.45) is -0.0533. The molecule has 2 rings (SSSR count). The van der Waals surface area contributed by atoms with Gasteiger partial charge in [0.05, 0.1) is 6.61 Å². The number of rotatable bonds is 3. The Hall–Kier alpha value is -0.940. The molecule has 5 heteroatoms. The van der Waals surface area contributed by atoms with Crippen LogP contribution in [-0.4, -0.2) is 40.8 Å². The number of nitrogens with zero attached hydrogens (tertiary/aromatic N) is 3. The van der Waals surface area contributed by atoms with E-state index in [4.69, 9.17) is 9.26 Å². The summed E-state index contributed by atoms with van der Waals surface area (Å²) in [7, 11) is 0. The standard InChI is InChI=1S/C12H21N3O2/c1-8(2)12-13-11(14-17-12)10-7-15(9(3)4)5-6-16-10/h8-10H,5-7H2,1-4H3/t10-/m0/s1. The predicted octanol–water partition coefficient (Wildman–Crippen LogP) is 1.97. The zero-order chi connectivity index (χ0) is 12.4. The molecule has 0 saturated carbocycles. The molecule has 1 saturated heterocycles. The monoisotopic (exact) mass is 239 g/mol. The largest absolute Gasteiger partial charge is 0.367 e. The Morgan fingerprint density at radius 3 is 2.65 bits per heavy atom. The first-order valence-corrected chi connectivity index (χ1v) is 6.27. The smallest absolute Gasteiger partial charge is 0.229 e. The number of aromatic nitrogens is 2. The van der Waals surface area contributed by atoms with Gasteiger partial charge >= 0.3 is 0 Å². The lowest BCUT2D eigenvalue weighted by molar-refractivity contribution is -0.0450. The fourth-order valence-corrected chi connectivity index (χ4v) is 1.91. The molecule has 0 bridgehead atoms. The van der Waals surface area contributed by atoms with Crippen molar-refractivity contribution in [1.29, 1.82) is 0 Å². The van der Waals surface area contributed by atoms with E-state index in [1.54, 1.807) is 0 Å². The fraction of sp³-hybridized carbons (Fsp3) is 0.833. The molecule has 0 aromatic carbocycles. The van der Waals surface area contributed by atoms with Gasteiger partial charge in [-0.25, -0.2) is 0 Å². The van der Waals surface area contributed by atoms with Crippen molar-refractivity contribution in [3.8, 4) is 0 Å². The molecular weight excluding hydrogens is 218 g/mol. The molecule has 0 unspecified atom stereocenters. The second kappa shape index (κ2) is 5.14. The molecule has 1 aliphatic rings. The second-order valence-electron chi connectivity index (χ2n) is 5.09. The first-order chi connectivity index (χ1) is 8.08. The number of hydrogen-bond donors (Lipinski definition) is 0. The van der Waals surface area contributed by atoms with Crippen LogP contribution in [0, 0.1) is 0 Å². The van der Waals surface area contributed by atoms with E-state index in [1.165, 1.54) is 0 Å². The van der Waals surface area contributed by atoms with Crippen molar-refractivity contribution in [2.24, 2.45) is 0 Å². The summed E-state index contributed by atoms with van der Waals surface area (Å²) in [5, 5.41) is 4.02. The second-order valence-corrected chi connectivity index (χ2v) is 5.09. The van der Waals surface area contributed by atoms with Crippen LogP contribution >= 0.6 is 0 Å². The van der Waals surface area contributed by atoms with Gasteiger partial charge in [-0.2, -0.15) is 4.98 Å². The summed E-state index contributed by atoms with van der Waals surface area (Å²) in [5.41, 5.74) is 0. The van der Waals surface area contributed by atoms with Crippen LogP contribution in [0.4, 0.5) is 0 Å². The van der Waals surface area contributed by atoms with Gasteiger partial charge in [0.2, 0.25) is 11.7 Å². The Balaban J connectivity index is 2.05. The maximum absolute atomic E-state index is 5.71. The Labute approximate surface area is 102 Å². The molecule has 0 amide bonds. The molecule has 17 heavy (non-hydrogen) atoms. The van der Waals surface area contributed by atoms with Gasteiger partial charge in [-0.3, -0.25) is 4.90 Å². The zero-order valence-corrected chi connectivity index (χ0v) is 11.0. The van der Waals surface area contributed by atoms with Crippen molar-refractivity contribution in [1.82, 2.24) is 15.0 Å². The Kier molecular flexibility index (Phi) is 3.79. The summed E-state index contributed by atoms with van der Waals surface area (Å²) in [6.45, 7) is 11.0. The van der Waals surface area contributed by atoms with Gasteiger partial charge in [-0.05, 0) is 13.8 Å². The minimum atomic E-state index is -0.0533. The average molecular weight is 239 g/mol. The predicted molar refractivity (Wildman–Crippen MR) is 63.8 cm³/mol. The van der Waals surface area contributed by atoms with Crippen LogP contribution in [0.3, 0.4) is 0 Å². The molecular formula is C12H21N3O2. The Bertz CT molecular complexity index is 362. The van der Waals surface area contributed by atoms with Gasteiger partial charge in [0.25, 0.3) is 0 Å². The lowest BCUT2D eigenvalue weighted by Crippen LogP contribution is -2.42. The van der Waals surface area contributed by atoms with Crippen molar-refractivity contribution in [2.75, 3.05) is 19.7 Å². The van der Waals surface area contributed by atoms with Crippen LogP contribution in [0.5, 0.6) is 0 Å². The maximum Gasteiger partial charge on any atom is 0.229 e. The molecule has 1 atom stereocenters. The highest BCUT2D eigenvalue weighted by atomic mass is 16.5. The van der Waals surface area contributed by atoms with E-state index < -0.39 is 0 Å². The molecule has 1 fully saturated rings. The number of ether oxygens (including phenoxy) is 1. The summed E-state index contributed by atoms with van der Waals surface area (Å²) < 4.78 is 10.9. The van der Waals surface area contributed by atoms with E-state index in [2.05, 4.69) is 28.9 Å². The van der Waals surface area contributed by atoms with E-state index >= 15 is 0 Å². The van der Waals surface area contributed by atoms with Gasteiger partial charge in [0, 0.05) is 25.0 Å². The van der Waals surface area contributed by atoms with Crippen LogP contribution in [0.1, 0.15) is 51.4 Å².